The lowest BCUT2D eigenvalue weighted by Gasteiger charge is -2.27. The Bertz CT molecular complexity index is 1080. The van der Waals surface area contributed by atoms with Gasteiger partial charge in [0.15, 0.2) is 5.75 Å². The summed E-state index contributed by atoms with van der Waals surface area (Å²) in [6.45, 7) is 4.74. The van der Waals surface area contributed by atoms with Crippen LogP contribution in [-0.2, 0) is 28.2 Å². The fourth-order valence-corrected chi connectivity index (χ4v) is 3.82. The largest absolute Gasteiger partial charge is 0.511 e. The highest BCUT2D eigenvalue weighted by Gasteiger charge is 2.36. The number of aryl methyl sites for hydroxylation is 1. The van der Waals surface area contributed by atoms with E-state index in [4.69, 9.17) is 29.4 Å². The van der Waals surface area contributed by atoms with Crippen molar-refractivity contribution in [3.63, 3.8) is 0 Å². The number of unbranched alkanes of at least 4 members (excludes halogenated alkanes) is 1. The van der Waals surface area contributed by atoms with Gasteiger partial charge in [0.05, 0.1) is 6.54 Å². The molecule has 0 radical (unpaired) electrons. The molecule has 3 aromatic rings. The van der Waals surface area contributed by atoms with Gasteiger partial charge in [-0.3, -0.25) is 4.98 Å². The number of aromatic nitrogens is 4. The molecule has 0 saturated heterocycles. The highest BCUT2D eigenvalue weighted by Crippen LogP contribution is 2.30. The van der Waals surface area contributed by atoms with Crippen LogP contribution in [0.2, 0.25) is 0 Å². The summed E-state index contributed by atoms with van der Waals surface area (Å²) in [6, 6.07) is 10.9. The fourth-order valence-electron chi connectivity index (χ4n) is 3.82. The van der Waals surface area contributed by atoms with Gasteiger partial charge in [-0.15, -0.1) is 5.10 Å². The van der Waals surface area contributed by atoms with Crippen LogP contribution in [0.4, 0.5) is 4.79 Å². The normalized spacial score (nSPS) is 11.5. The van der Waals surface area contributed by atoms with Gasteiger partial charge in [-0.1, -0.05) is 51.0 Å². The second-order valence-corrected chi connectivity index (χ2v) is 7.94. The average molecular weight is 469 g/mol. The second-order valence-electron chi connectivity index (χ2n) is 7.94. The zero-order valence-corrected chi connectivity index (χ0v) is 20.2. The predicted octanol–water partition coefficient (Wildman–Crippen LogP) is 5.03. The molecule has 0 saturated carbocycles. The molecule has 0 aliphatic rings. The molecule has 0 unspecified atom stereocenters. The first kappa shape index (κ1) is 25.3. The first-order valence-corrected chi connectivity index (χ1v) is 11.5. The zero-order chi connectivity index (χ0) is 24.6. The Morgan fingerprint density at radius 1 is 1.09 bits per heavy atom. The van der Waals surface area contributed by atoms with Gasteiger partial charge in [0.2, 0.25) is 11.6 Å². The maximum Gasteiger partial charge on any atom is 0.511 e. The van der Waals surface area contributed by atoms with Crippen molar-refractivity contribution in [1.29, 1.82) is 0 Å². The molecule has 9 nitrogen and oxygen atoms in total. The predicted molar refractivity (Wildman–Crippen MR) is 127 cm³/mol. The number of pyridine rings is 1. The average Bonchev–Trinajstić information content (AvgIpc) is 3.24. The van der Waals surface area contributed by atoms with E-state index < -0.39 is 11.9 Å². The Hall–Kier alpha value is -3.30. The second kappa shape index (κ2) is 11.7. The molecule has 9 heteroatoms. The SMILES string of the molecule is CCCCc1nc(C(CCC)(OC)OC)nn1Cc1ccc(-c2ncccc2OC(=O)O)cc1. The van der Waals surface area contributed by atoms with E-state index >= 15 is 0 Å². The van der Waals surface area contributed by atoms with Crippen molar-refractivity contribution in [2.24, 2.45) is 0 Å². The third kappa shape index (κ3) is 5.78. The molecule has 0 aliphatic heterocycles. The van der Waals surface area contributed by atoms with Crippen LogP contribution in [0, 0.1) is 0 Å². The van der Waals surface area contributed by atoms with Crippen LogP contribution in [-0.4, -0.2) is 45.2 Å². The van der Waals surface area contributed by atoms with Crippen molar-refractivity contribution in [3.8, 4) is 17.0 Å². The lowest BCUT2D eigenvalue weighted by Crippen LogP contribution is -2.32. The minimum Gasteiger partial charge on any atom is -0.449 e. The third-order valence-electron chi connectivity index (χ3n) is 5.61. The number of carbonyl (C=O) groups is 1. The Labute approximate surface area is 199 Å². The maximum atomic E-state index is 11.0. The van der Waals surface area contributed by atoms with Crippen LogP contribution in [0.3, 0.4) is 0 Å². The van der Waals surface area contributed by atoms with Gasteiger partial charge in [0.25, 0.3) is 0 Å². The number of carboxylic acid groups (broad SMARTS) is 1. The molecule has 0 spiro atoms. The molecule has 2 heterocycles. The molecule has 2 aromatic heterocycles. The molecular weight excluding hydrogens is 436 g/mol. The van der Waals surface area contributed by atoms with E-state index in [0.29, 0.717) is 24.5 Å². The van der Waals surface area contributed by atoms with E-state index in [9.17, 15) is 4.79 Å². The Kier molecular flexibility index (Phi) is 8.72. The Balaban J connectivity index is 1.89. The van der Waals surface area contributed by atoms with Crippen LogP contribution in [0.25, 0.3) is 11.3 Å². The van der Waals surface area contributed by atoms with Crippen LogP contribution in [0.15, 0.2) is 42.6 Å². The minimum atomic E-state index is -1.38. The molecular formula is C25H32N4O5. The smallest absolute Gasteiger partial charge is 0.449 e. The third-order valence-corrected chi connectivity index (χ3v) is 5.61. The number of rotatable bonds is 12. The monoisotopic (exact) mass is 468 g/mol. The lowest BCUT2D eigenvalue weighted by molar-refractivity contribution is -0.225. The number of ether oxygens (including phenoxy) is 3. The van der Waals surface area contributed by atoms with E-state index in [0.717, 1.165) is 42.6 Å². The Morgan fingerprint density at radius 3 is 2.44 bits per heavy atom. The lowest BCUT2D eigenvalue weighted by atomic mass is 10.1. The summed E-state index contributed by atoms with van der Waals surface area (Å²) >= 11 is 0. The summed E-state index contributed by atoms with van der Waals surface area (Å²) in [5, 5.41) is 13.8. The molecule has 3 rings (SSSR count). The van der Waals surface area contributed by atoms with Crippen molar-refractivity contribution in [2.45, 2.75) is 58.3 Å². The van der Waals surface area contributed by atoms with Gasteiger partial charge in [-0.2, -0.15) is 0 Å². The highest BCUT2D eigenvalue weighted by atomic mass is 16.7. The standard InChI is InChI=1S/C25H32N4O5/c1-5-7-10-21-27-23(25(32-3,33-4)15-6-2)28-29(21)17-18-11-13-19(14-12-18)22-20(34-24(30)31)9-8-16-26-22/h8-9,11-14,16H,5-7,10,15,17H2,1-4H3,(H,30,31). The molecule has 0 fully saturated rings. The molecule has 1 N–H and O–H groups in total. The van der Waals surface area contributed by atoms with Gasteiger partial charge < -0.3 is 19.3 Å². The molecule has 0 atom stereocenters. The topological polar surface area (TPSA) is 109 Å². The molecule has 1 aromatic carbocycles. The maximum absolute atomic E-state index is 11.0. The number of benzene rings is 1. The summed E-state index contributed by atoms with van der Waals surface area (Å²) in [5.41, 5.74) is 2.24. The van der Waals surface area contributed by atoms with Crippen molar-refractivity contribution in [1.82, 2.24) is 19.7 Å². The van der Waals surface area contributed by atoms with Gasteiger partial charge in [-0.25, -0.2) is 14.5 Å². The van der Waals surface area contributed by atoms with E-state index in [1.54, 1.807) is 32.5 Å². The van der Waals surface area contributed by atoms with Gasteiger partial charge >= 0.3 is 6.16 Å². The van der Waals surface area contributed by atoms with E-state index in [1.807, 2.05) is 28.9 Å². The first-order valence-electron chi connectivity index (χ1n) is 11.5. The van der Waals surface area contributed by atoms with Crippen molar-refractivity contribution in [2.75, 3.05) is 14.2 Å². The number of hydrogen-bond donors (Lipinski definition) is 1. The quantitative estimate of drug-likeness (QED) is 0.291. The van der Waals surface area contributed by atoms with Crippen LogP contribution in [0.5, 0.6) is 5.75 Å². The fraction of sp³-hybridized carbons (Fsp3) is 0.440. The van der Waals surface area contributed by atoms with Gasteiger partial charge in [-0.05, 0) is 24.1 Å². The molecule has 0 bridgehead atoms. The molecule has 182 valence electrons. The molecule has 0 amide bonds. The van der Waals surface area contributed by atoms with Crippen LogP contribution in [0.1, 0.15) is 56.7 Å². The zero-order valence-electron chi connectivity index (χ0n) is 20.2. The Morgan fingerprint density at radius 2 is 1.82 bits per heavy atom. The van der Waals surface area contributed by atoms with Crippen molar-refractivity contribution >= 4 is 6.16 Å². The number of methoxy groups -OCH3 is 2. The summed E-state index contributed by atoms with van der Waals surface area (Å²) in [6.07, 6.45) is 4.60. The molecule has 34 heavy (non-hydrogen) atoms. The van der Waals surface area contributed by atoms with E-state index in [2.05, 4.69) is 18.8 Å². The minimum absolute atomic E-state index is 0.192. The van der Waals surface area contributed by atoms with Crippen molar-refractivity contribution in [3.05, 3.63) is 59.8 Å². The van der Waals surface area contributed by atoms with Crippen LogP contribution >= 0.6 is 0 Å². The number of nitrogens with zero attached hydrogens (tertiary/aromatic N) is 4. The summed E-state index contributed by atoms with van der Waals surface area (Å²) in [5.74, 6) is 0.643. The van der Waals surface area contributed by atoms with Gasteiger partial charge in [0.1, 0.15) is 11.5 Å². The van der Waals surface area contributed by atoms with Crippen LogP contribution < -0.4 is 4.74 Å². The summed E-state index contributed by atoms with van der Waals surface area (Å²) < 4.78 is 18.2. The van der Waals surface area contributed by atoms with E-state index in [-0.39, 0.29) is 5.75 Å². The highest BCUT2D eigenvalue weighted by molar-refractivity contribution is 5.71. The summed E-state index contributed by atoms with van der Waals surface area (Å²) in [4.78, 5) is 20.1. The van der Waals surface area contributed by atoms with E-state index in [1.165, 1.54) is 0 Å². The number of hydrogen-bond acceptors (Lipinski definition) is 7. The molecule has 0 aliphatic carbocycles. The van der Waals surface area contributed by atoms with Crippen molar-refractivity contribution < 1.29 is 24.1 Å². The van der Waals surface area contributed by atoms with Gasteiger partial charge in [0, 0.05) is 38.8 Å². The summed E-state index contributed by atoms with van der Waals surface area (Å²) in [7, 11) is 3.23. The first-order chi connectivity index (χ1) is 16.5.